The van der Waals surface area contributed by atoms with Gasteiger partial charge in [0.15, 0.2) is 18.1 Å². The van der Waals surface area contributed by atoms with Gasteiger partial charge in [0, 0.05) is 18.2 Å². The minimum atomic E-state index is -0.575. The number of anilines is 1. The van der Waals surface area contributed by atoms with Crippen molar-refractivity contribution < 1.29 is 23.8 Å². The van der Waals surface area contributed by atoms with Crippen molar-refractivity contribution in [2.75, 3.05) is 18.7 Å². The summed E-state index contributed by atoms with van der Waals surface area (Å²) in [6.07, 6.45) is 0.116. The van der Waals surface area contributed by atoms with Gasteiger partial charge in [0.05, 0.1) is 23.0 Å². The SMILES string of the molecule is Cc1ccc(-n2c(CCC(=O)OCC(=O)Nc3ccc4c(c3)OCO4)nc3ccccc3c2=O)cc1. The highest BCUT2D eigenvalue weighted by Crippen LogP contribution is 2.34. The molecular formula is C27H23N3O6. The van der Waals surface area contributed by atoms with Gasteiger partial charge in [-0.25, -0.2) is 4.98 Å². The summed E-state index contributed by atoms with van der Waals surface area (Å²) in [4.78, 5) is 42.6. The van der Waals surface area contributed by atoms with E-state index < -0.39 is 18.5 Å². The number of amides is 1. The maximum absolute atomic E-state index is 13.3. The number of ether oxygens (including phenoxy) is 3. The molecule has 1 aromatic heterocycles. The predicted octanol–water partition coefficient (Wildman–Crippen LogP) is 3.54. The van der Waals surface area contributed by atoms with Crippen LogP contribution in [0.5, 0.6) is 11.5 Å². The fraction of sp³-hybridized carbons (Fsp3) is 0.185. The number of nitrogens with one attached hydrogen (secondary N) is 1. The van der Waals surface area contributed by atoms with Crippen LogP contribution in [0.4, 0.5) is 5.69 Å². The molecule has 1 aliphatic rings. The number of aromatic nitrogens is 2. The number of aryl methyl sites for hydroxylation is 2. The van der Waals surface area contributed by atoms with E-state index in [4.69, 9.17) is 14.2 Å². The predicted molar refractivity (Wildman–Crippen MR) is 133 cm³/mol. The van der Waals surface area contributed by atoms with Crippen LogP contribution in [-0.4, -0.2) is 34.8 Å². The third kappa shape index (κ3) is 4.90. The van der Waals surface area contributed by atoms with Gasteiger partial charge in [-0.15, -0.1) is 0 Å². The summed E-state index contributed by atoms with van der Waals surface area (Å²) in [5, 5.41) is 3.14. The average molecular weight is 485 g/mol. The van der Waals surface area contributed by atoms with Crippen LogP contribution in [0.3, 0.4) is 0 Å². The number of nitrogens with zero attached hydrogens (tertiary/aromatic N) is 2. The monoisotopic (exact) mass is 485 g/mol. The third-order valence-electron chi connectivity index (χ3n) is 5.71. The average Bonchev–Trinajstić information content (AvgIpc) is 3.35. The summed E-state index contributed by atoms with van der Waals surface area (Å²) in [5.41, 5.74) is 2.57. The Hall–Kier alpha value is -4.66. The van der Waals surface area contributed by atoms with Crippen molar-refractivity contribution >= 4 is 28.5 Å². The van der Waals surface area contributed by atoms with E-state index in [1.807, 2.05) is 37.3 Å². The minimum Gasteiger partial charge on any atom is -0.456 e. The Morgan fingerprint density at radius 3 is 2.64 bits per heavy atom. The van der Waals surface area contributed by atoms with E-state index in [2.05, 4.69) is 10.3 Å². The molecule has 0 bridgehead atoms. The first-order chi connectivity index (χ1) is 17.5. The number of rotatable bonds is 7. The molecule has 182 valence electrons. The van der Waals surface area contributed by atoms with Gasteiger partial charge in [-0.2, -0.15) is 0 Å². The Kier molecular flexibility index (Phi) is 6.36. The molecule has 0 unspecified atom stereocenters. The number of benzene rings is 3. The van der Waals surface area contributed by atoms with Crippen LogP contribution in [-0.2, 0) is 20.7 Å². The smallest absolute Gasteiger partial charge is 0.306 e. The van der Waals surface area contributed by atoms with Crippen LogP contribution >= 0.6 is 0 Å². The molecule has 9 nitrogen and oxygen atoms in total. The molecule has 0 fully saturated rings. The number of para-hydroxylation sites is 1. The summed E-state index contributed by atoms with van der Waals surface area (Å²) < 4.78 is 17.2. The summed E-state index contributed by atoms with van der Waals surface area (Å²) in [5.74, 6) is 0.513. The number of fused-ring (bicyclic) bond motifs is 2. The Morgan fingerprint density at radius 2 is 1.81 bits per heavy atom. The number of esters is 1. The van der Waals surface area contributed by atoms with Gasteiger partial charge >= 0.3 is 5.97 Å². The lowest BCUT2D eigenvalue weighted by molar-refractivity contribution is -0.147. The zero-order valence-corrected chi connectivity index (χ0v) is 19.5. The second-order valence-corrected chi connectivity index (χ2v) is 8.30. The first-order valence-corrected chi connectivity index (χ1v) is 11.4. The molecule has 2 heterocycles. The topological polar surface area (TPSA) is 109 Å². The lowest BCUT2D eigenvalue weighted by Crippen LogP contribution is -2.25. The molecule has 0 radical (unpaired) electrons. The second kappa shape index (κ2) is 9.91. The number of hydrogen-bond donors (Lipinski definition) is 1. The molecule has 0 aliphatic carbocycles. The van der Waals surface area contributed by atoms with Gasteiger partial charge in [-0.3, -0.25) is 19.0 Å². The van der Waals surface area contributed by atoms with Gasteiger partial charge in [-0.05, 0) is 43.3 Å². The minimum absolute atomic E-state index is 0.0477. The largest absolute Gasteiger partial charge is 0.456 e. The van der Waals surface area contributed by atoms with Gasteiger partial charge in [0.1, 0.15) is 5.82 Å². The molecule has 1 aliphatic heterocycles. The second-order valence-electron chi connectivity index (χ2n) is 8.30. The fourth-order valence-electron chi connectivity index (χ4n) is 3.91. The van der Waals surface area contributed by atoms with Crippen LogP contribution in [0.15, 0.2) is 71.5 Å². The molecule has 5 rings (SSSR count). The Morgan fingerprint density at radius 1 is 1.03 bits per heavy atom. The van der Waals surface area contributed by atoms with E-state index in [1.165, 1.54) is 4.57 Å². The molecule has 1 amide bonds. The molecule has 9 heteroatoms. The molecule has 1 N–H and O–H groups in total. The van der Waals surface area contributed by atoms with Crippen molar-refractivity contribution in [1.29, 1.82) is 0 Å². The van der Waals surface area contributed by atoms with Crippen molar-refractivity contribution in [2.45, 2.75) is 19.8 Å². The Balaban J connectivity index is 1.26. The summed E-state index contributed by atoms with van der Waals surface area (Å²) in [7, 11) is 0. The van der Waals surface area contributed by atoms with Gasteiger partial charge < -0.3 is 19.5 Å². The molecule has 4 aromatic rings. The maximum Gasteiger partial charge on any atom is 0.306 e. The summed E-state index contributed by atoms with van der Waals surface area (Å²) >= 11 is 0. The lowest BCUT2D eigenvalue weighted by atomic mass is 10.2. The number of carbonyl (C=O) groups excluding carboxylic acids is 2. The Bertz CT molecular complexity index is 1510. The van der Waals surface area contributed by atoms with Gasteiger partial charge in [0.25, 0.3) is 11.5 Å². The van der Waals surface area contributed by atoms with Crippen molar-refractivity contribution in [3.63, 3.8) is 0 Å². The highest BCUT2D eigenvalue weighted by molar-refractivity contribution is 5.93. The first kappa shape index (κ1) is 23.1. The third-order valence-corrected chi connectivity index (χ3v) is 5.71. The van der Waals surface area contributed by atoms with Crippen molar-refractivity contribution in [2.24, 2.45) is 0 Å². The summed E-state index contributed by atoms with van der Waals surface area (Å²) in [6, 6.07) is 19.6. The van der Waals surface area contributed by atoms with E-state index in [0.717, 1.165) is 5.56 Å². The van der Waals surface area contributed by atoms with E-state index in [9.17, 15) is 14.4 Å². The zero-order chi connectivity index (χ0) is 25.1. The Labute approximate surface area is 206 Å². The maximum atomic E-state index is 13.3. The molecule has 0 spiro atoms. The molecule has 3 aromatic carbocycles. The molecule has 36 heavy (non-hydrogen) atoms. The van der Waals surface area contributed by atoms with E-state index in [1.54, 1.807) is 36.4 Å². The standard InChI is InChI=1S/C27H23N3O6/c1-17-6-9-19(10-7-17)30-24(29-21-5-3-2-4-20(21)27(30)33)12-13-26(32)34-15-25(31)28-18-8-11-22-23(14-18)36-16-35-22/h2-11,14H,12-13,15-16H2,1H3,(H,28,31). The van der Waals surface area contributed by atoms with Crippen molar-refractivity contribution in [1.82, 2.24) is 9.55 Å². The highest BCUT2D eigenvalue weighted by atomic mass is 16.7. The van der Waals surface area contributed by atoms with E-state index in [-0.39, 0.29) is 25.2 Å². The number of hydrogen-bond acceptors (Lipinski definition) is 7. The van der Waals surface area contributed by atoms with Crippen LogP contribution in [0.2, 0.25) is 0 Å². The fourth-order valence-corrected chi connectivity index (χ4v) is 3.91. The summed E-state index contributed by atoms with van der Waals surface area (Å²) in [6.45, 7) is 1.65. The first-order valence-electron chi connectivity index (χ1n) is 11.4. The molecule has 0 saturated heterocycles. The van der Waals surface area contributed by atoms with Gasteiger partial charge in [-0.1, -0.05) is 29.8 Å². The van der Waals surface area contributed by atoms with Crippen LogP contribution in [0.1, 0.15) is 17.8 Å². The van der Waals surface area contributed by atoms with E-state index >= 15 is 0 Å². The van der Waals surface area contributed by atoms with Crippen molar-refractivity contribution in [3.8, 4) is 17.2 Å². The van der Waals surface area contributed by atoms with Crippen LogP contribution in [0.25, 0.3) is 16.6 Å². The highest BCUT2D eigenvalue weighted by Gasteiger charge is 2.17. The molecular weight excluding hydrogens is 462 g/mol. The van der Waals surface area contributed by atoms with Gasteiger partial charge in [0.2, 0.25) is 6.79 Å². The normalized spacial score (nSPS) is 11.9. The van der Waals surface area contributed by atoms with Crippen LogP contribution in [0, 0.1) is 6.92 Å². The molecule has 0 atom stereocenters. The van der Waals surface area contributed by atoms with Crippen molar-refractivity contribution in [3.05, 3.63) is 88.5 Å². The zero-order valence-electron chi connectivity index (χ0n) is 19.5. The van der Waals surface area contributed by atoms with E-state index in [0.29, 0.717) is 39.6 Å². The van der Waals surface area contributed by atoms with Crippen LogP contribution < -0.4 is 20.3 Å². The number of carbonyl (C=O) groups is 2. The quantitative estimate of drug-likeness (QED) is 0.399. The molecule has 0 saturated carbocycles. The lowest BCUT2D eigenvalue weighted by Gasteiger charge is -2.14.